The number of carbonyl (C=O) groups excluding carboxylic acids is 2. The molecule has 1 N–H and O–H groups in total. The van der Waals surface area contributed by atoms with Crippen LogP contribution in [0.3, 0.4) is 0 Å². The molecule has 1 saturated carbocycles. The van der Waals surface area contributed by atoms with Crippen molar-refractivity contribution in [2.75, 3.05) is 11.9 Å². The van der Waals surface area contributed by atoms with Crippen molar-refractivity contribution in [1.82, 2.24) is 9.78 Å². The first-order valence-electron chi connectivity index (χ1n) is 10.2. The molecule has 0 radical (unpaired) electrons. The van der Waals surface area contributed by atoms with Gasteiger partial charge in [-0.15, -0.1) is 0 Å². The highest BCUT2D eigenvalue weighted by Crippen LogP contribution is 2.39. The molecule has 1 fully saturated rings. The van der Waals surface area contributed by atoms with Crippen molar-refractivity contribution in [3.8, 4) is 5.69 Å². The molecule has 0 unspecified atom stereocenters. The van der Waals surface area contributed by atoms with Gasteiger partial charge >= 0.3 is 5.97 Å². The van der Waals surface area contributed by atoms with E-state index in [1.165, 1.54) is 0 Å². The number of para-hydroxylation sites is 2. The number of aromatic nitrogens is 2. The molecular formula is C24H25N3O3. The fourth-order valence-corrected chi connectivity index (χ4v) is 3.40. The third-order valence-corrected chi connectivity index (χ3v) is 5.13. The van der Waals surface area contributed by atoms with Crippen LogP contribution in [0.1, 0.15) is 60.3 Å². The van der Waals surface area contributed by atoms with E-state index in [0.717, 1.165) is 35.5 Å². The average molecular weight is 403 g/mol. The molecular weight excluding hydrogens is 378 g/mol. The second kappa shape index (κ2) is 8.53. The minimum atomic E-state index is -0.564. The summed E-state index contributed by atoms with van der Waals surface area (Å²) in [5.41, 5.74) is 3.78. The summed E-state index contributed by atoms with van der Waals surface area (Å²) in [6.45, 7) is 3.77. The van der Waals surface area contributed by atoms with Gasteiger partial charge in [0.15, 0.2) is 12.3 Å². The Morgan fingerprint density at radius 1 is 1.10 bits per heavy atom. The first-order chi connectivity index (χ1) is 14.5. The Kier molecular flexibility index (Phi) is 5.65. The number of rotatable bonds is 7. The van der Waals surface area contributed by atoms with Gasteiger partial charge in [0.25, 0.3) is 5.91 Å². The van der Waals surface area contributed by atoms with Gasteiger partial charge in [-0.3, -0.25) is 4.79 Å². The highest BCUT2D eigenvalue weighted by molar-refractivity contribution is 5.95. The van der Waals surface area contributed by atoms with E-state index < -0.39 is 5.97 Å². The van der Waals surface area contributed by atoms with Gasteiger partial charge in [-0.1, -0.05) is 50.2 Å². The molecule has 1 aliphatic rings. The molecule has 1 aromatic heterocycles. The van der Waals surface area contributed by atoms with Gasteiger partial charge < -0.3 is 10.1 Å². The number of amides is 1. The average Bonchev–Trinajstić information content (AvgIpc) is 3.51. The van der Waals surface area contributed by atoms with E-state index in [1.807, 2.05) is 54.6 Å². The van der Waals surface area contributed by atoms with Crippen molar-refractivity contribution in [3.63, 3.8) is 0 Å². The lowest BCUT2D eigenvalue weighted by Gasteiger charge is -2.13. The smallest absolute Gasteiger partial charge is 0.357 e. The zero-order chi connectivity index (χ0) is 21.1. The molecule has 6 heteroatoms. The maximum Gasteiger partial charge on any atom is 0.357 e. The standard InChI is InChI=1S/C24H25N3O3/c1-16(2)19-10-6-7-11-20(19)25-23(28)15-30-24(29)22-14-21(17-12-13-17)26-27(22)18-8-4-3-5-9-18/h3-11,14,16-17H,12-13,15H2,1-2H3,(H,25,28). The van der Waals surface area contributed by atoms with Gasteiger partial charge in [0, 0.05) is 11.6 Å². The third kappa shape index (κ3) is 4.43. The summed E-state index contributed by atoms with van der Waals surface area (Å²) in [6, 6.07) is 18.9. The molecule has 1 heterocycles. The molecule has 0 aliphatic heterocycles. The summed E-state index contributed by atoms with van der Waals surface area (Å²) in [7, 11) is 0. The Morgan fingerprint density at radius 3 is 2.50 bits per heavy atom. The lowest BCUT2D eigenvalue weighted by atomic mass is 10.0. The summed E-state index contributed by atoms with van der Waals surface area (Å²) in [5.74, 6) is -0.266. The molecule has 6 nitrogen and oxygen atoms in total. The molecule has 30 heavy (non-hydrogen) atoms. The van der Waals surface area contributed by atoms with Crippen molar-refractivity contribution in [3.05, 3.63) is 77.6 Å². The molecule has 154 valence electrons. The Balaban J connectivity index is 1.46. The Hall–Kier alpha value is -3.41. The number of ether oxygens (including phenoxy) is 1. The number of esters is 1. The van der Waals surface area contributed by atoms with Gasteiger partial charge in [0.2, 0.25) is 0 Å². The maximum atomic E-state index is 12.8. The fraction of sp³-hybridized carbons (Fsp3) is 0.292. The first kappa shape index (κ1) is 19.9. The molecule has 4 rings (SSSR count). The molecule has 1 aliphatic carbocycles. The van der Waals surface area contributed by atoms with Crippen LogP contribution in [0.2, 0.25) is 0 Å². The number of hydrogen-bond acceptors (Lipinski definition) is 4. The highest BCUT2D eigenvalue weighted by Gasteiger charge is 2.29. The van der Waals surface area contributed by atoms with E-state index >= 15 is 0 Å². The maximum absolute atomic E-state index is 12.8. The molecule has 0 bridgehead atoms. The van der Waals surface area contributed by atoms with E-state index in [4.69, 9.17) is 4.74 Å². The van der Waals surface area contributed by atoms with Crippen molar-refractivity contribution in [2.45, 2.75) is 38.5 Å². The number of nitrogens with one attached hydrogen (secondary N) is 1. The van der Waals surface area contributed by atoms with Crippen molar-refractivity contribution in [1.29, 1.82) is 0 Å². The van der Waals surface area contributed by atoms with Crippen LogP contribution >= 0.6 is 0 Å². The minimum absolute atomic E-state index is 0.269. The number of benzene rings is 2. The molecule has 2 aromatic carbocycles. The summed E-state index contributed by atoms with van der Waals surface area (Å²) < 4.78 is 6.93. The Labute approximate surface area is 175 Å². The van der Waals surface area contributed by atoms with Gasteiger partial charge in [-0.2, -0.15) is 5.10 Å². The van der Waals surface area contributed by atoms with E-state index in [0.29, 0.717) is 11.6 Å². The van der Waals surface area contributed by atoms with Crippen LogP contribution in [-0.4, -0.2) is 28.3 Å². The highest BCUT2D eigenvalue weighted by atomic mass is 16.5. The third-order valence-electron chi connectivity index (χ3n) is 5.13. The van der Waals surface area contributed by atoms with E-state index in [2.05, 4.69) is 24.3 Å². The SMILES string of the molecule is CC(C)c1ccccc1NC(=O)COC(=O)c1cc(C2CC2)nn1-c1ccccc1. The molecule has 0 spiro atoms. The topological polar surface area (TPSA) is 73.2 Å². The summed E-state index contributed by atoms with van der Waals surface area (Å²) in [6.07, 6.45) is 2.16. The molecule has 1 amide bonds. The second-order valence-electron chi connectivity index (χ2n) is 7.84. The van der Waals surface area contributed by atoms with Crippen LogP contribution in [0.15, 0.2) is 60.7 Å². The van der Waals surface area contributed by atoms with E-state index in [9.17, 15) is 9.59 Å². The monoisotopic (exact) mass is 403 g/mol. The number of hydrogen-bond donors (Lipinski definition) is 1. The Bertz CT molecular complexity index is 1050. The van der Waals surface area contributed by atoms with Crippen LogP contribution in [0, 0.1) is 0 Å². The van der Waals surface area contributed by atoms with Crippen LogP contribution < -0.4 is 5.32 Å². The molecule has 0 atom stereocenters. The fourth-order valence-electron chi connectivity index (χ4n) is 3.40. The van der Waals surface area contributed by atoms with Crippen LogP contribution in [0.4, 0.5) is 5.69 Å². The quantitative estimate of drug-likeness (QED) is 0.582. The Morgan fingerprint density at radius 2 is 1.80 bits per heavy atom. The van der Waals surface area contributed by atoms with Crippen molar-refractivity contribution < 1.29 is 14.3 Å². The van der Waals surface area contributed by atoms with Crippen LogP contribution in [0.25, 0.3) is 5.69 Å². The van der Waals surface area contributed by atoms with Crippen molar-refractivity contribution in [2.24, 2.45) is 0 Å². The van der Waals surface area contributed by atoms with E-state index in [-0.39, 0.29) is 18.4 Å². The van der Waals surface area contributed by atoms with E-state index in [1.54, 1.807) is 10.7 Å². The van der Waals surface area contributed by atoms with Crippen molar-refractivity contribution >= 4 is 17.6 Å². The van der Waals surface area contributed by atoms with Gasteiger partial charge in [0.05, 0.1) is 11.4 Å². The zero-order valence-corrected chi connectivity index (χ0v) is 17.2. The lowest BCUT2D eigenvalue weighted by molar-refractivity contribution is -0.119. The molecule has 3 aromatic rings. The summed E-state index contributed by atoms with van der Waals surface area (Å²) >= 11 is 0. The second-order valence-corrected chi connectivity index (χ2v) is 7.84. The first-order valence-corrected chi connectivity index (χ1v) is 10.2. The lowest BCUT2D eigenvalue weighted by Crippen LogP contribution is -2.22. The van der Waals surface area contributed by atoms with Gasteiger partial charge in [-0.05, 0) is 48.6 Å². The normalized spacial score (nSPS) is 13.3. The predicted molar refractivity (Wildman–Crippen MR) is 115 cm³/mol. The van der Waals surface area contributed by atoms with Gasteiger partial charge in [-0.25, -0.2) is 9.48 Å². The molecule has 0 saturated heterocycles. The largest absolute Gasteiger partial charge is 0.451 e. The van der Waals surface area contributed by atoms with Gasteiger partial charge in [0.1, 0.15) is 0 Å². The van der Waals surface area contributed by atoms with Crippen LogP contribution in [-0.2, 0) is 9.53 Å². The number of nitrogens with zero attached hydrogens (tertiary/aromatic N) is 2. The summed E-state index contributed by atoms with van der Waals surface area (Å²) in [5, 5.41) is 7.44. The van der Waals surface area contributed by atoms with Crippen LogP contribution in [0.5, 0.6) is 0 Å². The number of anilines is 1. The zero-order valence-electron chi connectivity index (χ0n) is 17.2. The predicted octanol–water partition coefficient (Wildman–Crippen LogP) is 4.67. The number of carbonyl (C=O) groups is 2. The summed E-state index contributed by atoms with van der Waals surface area (Å²) in [4.78, 5) is 25.2. The minimum Gasteiger partial charge on any atom is -0.451 e.